The molecule has 0 saturated carbocycles. The third-order valence-corrected chi connectivity index (χ3v) is 16.0. The van der Waals surface area contributed by atoms with Crippen molar-refractivity contribution in [3.05, 3.63) is 59.7 Å². The molecule has 10 atom stereocenters. The van der Waals surface area contributed by atoms with Gasteiger partial charge in [-0.2, -0.15) is 0 Å². The number of fused-ring (bicyclic) bond motifs is 4. The topological polar surface area (TPSA) is 282 Å². The Bertz CT molecular complexity index is 2690. The first-order chi connectivity index (χ1) is 39.3. The van der Waals surface area contributed by atoms with Gasteiger partial charge in [0.2, 0.25) is 35.4 Å². The maximum absolute atomic E-state index is 14.3. The Morgan fingerprint density at radius 3 is 1.40 bits per heavy atom. The zero-order chi connectivity index (χ0) is 60.4. The van der Waals surface area contributed by atoms with E-state index in [9.17, 15) is 43.2 Å². The van der Waals surface area contributed by atoms with Gasteiger partial charge in [-0.3, -0.25) is 33.7 Å². The molecule has 8 rings (SSSR count). The molecule has 24 nitrogen and oxygen atoms in total. The molecule has 84 heavy (non-hydrogen) atoms. The van der Waals surface area contributed by atoms with Crippen molar-refractivity contribution in [2.24, 2.45) is 0 Å². The predicted octanol–water partition coefficient (Wildman–Crippen LogP) is 3.87. The van der Waals surface area contributed by atoms with E-state index in [4.69, 9.17) is 14.2 Å². The molecule has 7 N–H and O–H groups in total. The second-order valence-electron chi connectivity index (χ2n) is 24.0. The molecule has 0 spiro atoms. The predicted molar refractivity (Wildman–Crippen MR) is 315 cm³/mol. The van der Waals surface area contributed by atoms with Gasteiger partial charge in [0.1, 0.15) is 47.3 Å². The van der Waals surface area contributed by atoms with Crippen LogP contribution in [-0.2, 0) is 33.5 Å². The second-order valence-corrected chi connectivity index (χ2v) is 24.0. The summed E-state index contributed by atoms with van der Waals surface area (Å²) in [4.78, 5) is 128. The molecule has 25 heteroatoms. The molecule has 6 heterocycles. The van der Waals surface area contributed by atoms with Crippen molar-refractivity contribution in [3.63, 3.8) is 0 Å². The molecule has 0 aliphatic carbocycles. The normalized spacial score (nSPS) is 24.5. The number of hydrogen-bond donors (Lipinski definition) is 7. The van der Waals surface area contributed by atoms with Crippen LogP contribution in [0.1, 0.15) is 137 Å². The molecule has 6 aliphatic heterocycles. The summed E-state index contributed by atoms with van der Waals surface area (Å²) in [5.41, 5.74) is 1.07. The Kier molecular flexibility index (Phi) is 22.9. The number of likely N-dealkylation sites (N-methyl/N-ethyl adjacent to an activating group) is 2. The van der Waals surface area contributed by atoms with Crippen LogP contribution in [0.5, 0.6) is 11.5 Å². The molecule has 2 aromatic carbocycles. The standard InChI is InChI=1S/C32H48N6O7.C27H40N6O5.ClH/c1-19(2)33-30(42)37-16-14-21-12-13-25(28(40)34-23-15-17-44-26-11-9-8-10-22(23)26)38(21)29(41)24(18-37)35-27(39)20(3)36(7)31(43)45-32(4,5)6;1-16(2)29-27(37)32-13-11-18-9-10-22(33(18)26(36)21(15-32)31-24(34)17(3)28-4)25(35)30-20-12-14-38-23-8-6-5-7-19(20)23;/h8-11,19-21,23-25H,12-18H2,1-7H3,(H,33,42)(H,34,40)(H,35,39);5-8,16-18,20-22,28H,9-15H2,1-4H3,(H,29,37)(H,30,35)(H,31,34);1H/t20-,21+,23+,24-,25-;17-,18+,20+,21-,22-;/m00./s1. The first-order valence-electron chi connectivity index (χ1n) is 29.4. The molecule has 0 unspecified atom stereocenters. The molecule has 4 fully saturated rings. The number of rotatable bonds is 12. The lowest BCUT2D eigenvalue weighted by Crippen LogP contribution is -2.63. The van der Waals surface area contributed by atoms with Crippen LogP contribution in [0.15, 0.2) is 48.5 Å². The minimum absolute atomic E-state index is 0. The van der Waals surface area contributed by atoms with Crippen molar-refractivity contribution in [1.82, 2.24) is 61.7 Å². The lowest BCUT2D eigenvalue weighted by Gasteiger charge is -2.39. The lowest BCUT2D eigenvalue weighted by atomic mass is 10.00. The van der Waals surface area contributed by atoms with Gasteiger partial charge < -0.3 is 71.0 Å². The highest BCUT2D eigenvalue weighted by Crippen LogP contribution is 2.36. The molecule has 2 aromatic rings. The molecular weight excluding hydrogens is 1100 g/mol. The molecule has 464 valence electrons. The zero-order valence-corrected chi connectivity index (χ0v) is 51.3. The Balaban J connectivity index is 0.000000270. The minimum atomic E-state index is -1.13. The van der Waals surface area contributed by atoms with Crippen LogP contribution in [0, 0.1) is 0 Å². The van der Waals surface area contributed by atoms with E-state index >= 15 is 0 Å². The fraction of sp³-hybridized carbons (Fsp3) is 0.644. The summed E-state index contributed by atoms with van der Waals surface area (Å²) in [7, 11) is 3.11. The van der Waals surface area contributed by atoms with Gasteiger partial charge in [0, 0.05) is 68.3 Å². The first kappa shape index (κ1) is 66.1. The van der Waals surface area contributed by atoms with Crippen molar-refractivity contribution in [3.8, 4) is 11.5 Å². The number of ether oxygens (including phenoxy) is 3. The van der Waals surface area contributed by atoms with Crippen LogP contribution in [0.3, 0.4) is 0 Å². The zero-order valence-electron chi connectivity index (χ0n) is 50.5. The number of benzene rings is 2. The van der Waals surface area contributed by atoms with Gasteiger partial charge in [-0.15, -0.1) is 12.4 Å². The highest BCUT2D eigenvalue weighted by molar-refractivity contribution is 5.96. The van der Waals surface area contributed by atoms with Gasteiger partial charge >= 0.3 is 18.2 Å². The SMILES string of the molecule is CC(C)NC(=O)N1CC[C@H]2CC[C@@H](C(=O)N[C@@H]3CCOc4ccccc43)N2C(=O)[C@@H](NC(=O)[C@H](C)N(C)C(=O)OC(C)(C)C)C1.CN[C@@H](C)C(=O)N[C@H]1CN(C(=O)NC(C)C)CC[C@H]2CC[C@@H](C(=O)N[C@@H]3CCOc4ccccc43)N2C1=O.Cl. The first-order valence-corrected chi connectivity index (χ1v) is 29.4. The quantitative estimate of drug-likeness (QED) is 0.159. The summed E-state index contributed by atoms with van der Waals surface area (Å²) in [6.07, 6.45) is 3.87. The van der Waals surface area contributed by atoms with Crippen LogP contribution in [0.25, 0.3) is 0 Å². The van der Waals surface area contributed by atoms with Gasteiger partial charge in [-0.1, -0.05) is 36.4 Å². The molecule has 11 amide bonds. The highest BCUT2D eigenvalue weighted by atomic mass is 35.5. The van der Waals surface area contributed by atoms with E-state index in [1.807, 2.05) is 76.2 Å². The van der Waals surface area contributed by atoms with Gasteiger partial charge in [-0.05, 0) is 120 Å². The molecule has 6 aliphatic rings. The summed E-state index contributed by atoms with van der Waals surface area (Å²) in [5, 5.41) is 20.6. The van der Waals surface area contributed by atoms with Crippen molar-refractivity contribution in [2.75, 3.05) is 53.5 Å². The molecule has 0 radical (unpaired) electrons. The average Bonchev–Trinajstić information content (AvgIpc) is 3.65. The third-order valence-electron chi connectivity index (χ3n) is 16.0. The monoisotopic (exact) mass is 1190 g/mol. The van der Waals surface area contributed by atoms with E-state index < -0.39 is 59.8 Å². The number of urea groups is 2. The van der Waals surface area contributed by atoms with E-state index in [-0.39, 0.29) is 97.4 Å². The minimum Gasteiger partial charge on any atom is -0.493 e. The number of para-hydroxylation sites is 2. The van der Waals surface area contributed by atoms with Crippen molar-refractivity contribution in [2.45, 2.75) is 192 Å². The highest BCUT2D eigenvalue weighted by Gasteiger charge is 2.48. The summed E-state index contributed by atoms with van der Waals surface area (Å²) in [6.45, 7) is 17.5. The number of nitrogens with zero attached hydrogens (tertiary/aromatic N) is 5. The lowest BCUT2D eigenvalue weighted by molar-refractivity contribution is -0.145. The summed E-state index contributed by atoms with van der Waals surface area (Å²) in [5.74, 6) is -0.665. The summed E-state index contributed by atoms with van der Waals surface area (Å²) < 4.78 is 16.9. The number of nitrogens with one attached hydrogen (secondary N) is 7. The van der Waals surface area contributed by atoms with Crippen LogP contribution >= 0.6 is 12.4 Å². The number of halogens is 1. The van der Waals surface area contributed by atoms with Gasteiger partial charge in [0.15, 0.2) is 0 Å². The van der Waals surface area contributed by atoms with Gasteiger partial charge in [0.25, 0.3) is 0 Å². The van der Waals surface area contributed by atoms with Crippen molar-refractivity contribution >= 4 is 66.0 Å². The largest absolute Gasteiger partial charge is 0.493 e. The Hall–Kier alpha value is -7.08. The second kappa shape index (κ2) is 29.1. The number of hydrogen-bond acceptors (Lipinski definition) is 13. The molecular formula is C59H89ClN12O12. The maximum atomic E-state index is 14.3. The van der Waals surface area contributed by atoms with Crippen LogP contribution < -0.4 is 46.7 Å². The van der Waals surface area contributed by atoms with E-state index in [1.54, 1.807) is 49.4 Å². The molecule has 0 bridgehead atoms. The van der Waals surface area contributed by atoms with Crippen molar-refractivity contribution in [1.29, 1.82) is 0 Å². The summed E-state index contributed by atoms with van der Waals surface area (Å²) >= 11 is 0. The average molecular weight is 1190 g/mol. The Morgan fingerprint density at radius 2 is 1.00 bits per heavy atom. The van der Waals surface area contributed by atoms with Crippen molar-refractivity contribution < 1.29 is 57.4 Å². The fourth-order valence-electron chi connectivity index (χ4n) is 11.4. The number of amides is 11. The van der Waals surface area contributed by atoms with Gasteiger partial charge in [0.05, 0.1) is 44.4 Å². The molecule has 4 saturated heterocycles. The van der Waals surface area contributed by atoms with Gasteiger partial charge in [-0.25, -0.2) is 14.4 Å². The van der Waals surface area contributed by atoms with E-state index in [0.717, 1.165) is 27.5 Å². The Labute approximate surface area is 499 Å². The fourth-order valence-corrected chi connectivity index (χ4v) is 11.4. The van der Waals surface area contributed by atoms with E-state index in [0.29, 0.717) is 77.7 Å². The third kappa shape index (κ3) is 16.4. The maximum Gasteiger partial charge on any atom is 0.410 e. The number of carbonyl (C=O) groups is 9. The van der Waals surface area contributed by atoms with Crippen LogP contribution in [0.4, 0.5) is 14.4 Å². The number of carbonyl (C=O) groups excluding carboxylic acids is 9. The van der Waals surface area contributed by atoms with E-state index in [1.165, 1.54) is 18.9 Å². The smallest absolute Gasteiger partial charge is 0.410 e. The van der Waals surface area contributed by atoms with Crippen LogP contribution in [0.2, 0.25) is 0 Å². The molecule has 0 aromatic heterocycles. The van der Waals surface area contributed by atoms with Crippen LogP contribution in [-0.4, -0.2) is 198 Å². The Morgan fingerprint density at radius 1 is 0.583 bits per heavy atom. The summed E-state index contributed by atoms with van der Waals surface area (Å²) in [6, 6.07) is 8.56. The van der Waals surface area contributed by atoms with E-state index in [2.05, 4.69) is 37.2 Å².